The minimum Gasteiger partial charge on any atom is -0.439 e. The van der Waals surface area contributed by atoms with Gasteiger partial charge in [0.05, 0.1) is 11.9 Å². The van der Waals surface area contributed by atoms with Gasteiger partial charge in [0.15, 0.2) is 0 Å². The van der Waals surface area contributed by atoms with Crippen molar-refractivity contribution in [3.8, 4) is 11.6 Å². The number of rotatable bonds is 6. The first-order valence-corrected chi connectivity index (χ1v) is 8.80. The van der Waals surface area contributed by atoms with Crippen LogP contribution in [0.1, 0.15) is 5.82 Å². The number of amides is 2. The van der Waals surface area contributed by atoms with E-state index in [1.165, 1.54) is 0 Å². The second-order valence-corrected chi connectivity index (χ2v) is 6.45. The number of ether oxygens (including phenoxy) is 1. The van der Waals surface area contributed by atoms with Gasteiger partial charge in [-0.05, 0) is 24.3 Å². The molecule has 2 amide bonds. The van der Waals surface area contributed by atoms with Crippen molar-refractivity contribution in [2.45, 2.75) is 6.42 Å². The third kappa shape index (κ3) is 5.06. The maximum absolute atomic E-state index is 11.9. The van der Waals surface area contributed by atoms with Crippen LogP contribution in [0.25, 0.3) is 0 Å². The van der Waals surface area contributed by atoms with Crippen molar-refractivity contribution in [2.24, 2.45) is 7.05 Å². The van der Waals surface area contributed by atoms with Crippen LogP contribution < -0.4 is 15.4 Å². The first-order valence-electron chi connectivity index (χ1n) is 8.01. The second-order valence-electron chi connectivity index (χ2n) is 5.53. The zero-order chi connectivity index (χ0) is 18.4. The molecule has 0 radical (unpaired) electrons. The van der Waals surface area contributed by atoms with Crippen LogP contribution in [0.3, 0.4) is 0 Å². The van der Waals surface area contributed by atoms with Crippen molar-refractivity contribution in [3.05, 3.63) is 65.3 Å². The first-order chi connectivity index (χ1) is 12.6. The third-order valence-electron chi connectivity index (χ3n) is 3.57. The molecule has 2 aromatic heterocycles. The molecule has 7 nitrogen and oxygen atoms in total. The zero-order valence-electron chi connectivity index (χ0n) is 14.1. The molecule has 0 aliphatic rings. The van der Waals surface area contributed by atoms with Gasteiger partial charge < -0.3 is 19.9 Å². The summed E-state index contributed by atoms with van der Waals surface area (Å²) < 4.78 is 8.51. The maximum atomic E-state index is 11.9. The molecule has 0 aliphatic heterocycles. The highest BCUT2D eigenvalue weighted by Crippen LogP contribution is 2.23. The molecule has 1 aromatic carbocycles. The first kappa shape index (κ1) is 17.9. The smallest absolute Gasteiger partial charge is 0.319 e. The SMILES string of the molecule is Cn1ccnc1CCNC(=O)Nc1ccc(Oc2cccc(Br)c2)nc1. The fourth-order valence-corrected chi connectivity index (χ4v) is 2.64. The lowest BCUT2D eigenvalue weighted by atomic mass is 10.3. The number of hydrogen-bond donors (Lipinski definition) is 2. The summed E-state index contributed by atoms with van der Waals surface area (Å²) in [5.74, 6) is 2.05. The number of hydrogen-bond acceptors (Lipinski definition) is 4. The molecule has 0 bridgehead atoms. The second kappa shape index (κ2) is 8.48. The monoisotopic (exact) mass is 415 g/mol. The van der Waals surface area contributed by atoms with E-state index in [1.54, 1.807) is 24.5 Å². The Kier molecular flexibility index (Phi) is 5.85. The Morgan fingerprint density at radius 3 is 2.85 bits per heavy atom. The van der Waals surface area contributed by atoms with E-state index in [1.807, 2.05) is 42.1 Å². The predicted molar refractivity (Wildman–Crippen MR) is 102 cm³/mol. The lowest BCUT2D eigenvalue weighted by Gasteiger charge is -2.09. The molecule has 0 saturated carbocycles. The number of halogens is 1. The summed E-state index contributed by atoms with van der Waals surface area (Å²) in [6.45, 7) is 0.494. The highest BCUT2D eigenvalue weighted by molar-refractivity contribution is 9.10. The molecule has 0 saturated heterocycles. The average Bonchev–Trinajstić information content (AvgIpc) is 3.02. The molecule has 3 rings (SSSR count). The highest BCUT2D eigenvalue weighted by atomic mass is 79.9. The Morgan fingerprint density at radius 1 is 1.27 bits per heavy atom. The van der Waals surface area contributed by atoms with Crippen molar-refractivity contribution in [1.82, 2.24) is 19.9 Å². The summed E-state index contributed by atoms with van der Waals surface area (Å²) in [4.78, 5) is 20.3. The molecule has 0 aliphatic carbocycles. The summed E-state index contributed by atoms with van der Waals surface area (Å²) in [7, 11) is 1.92. The minimum absolute atomic E-state index is 0.290. The quantitative estimate of drug-likeness (QED) is 0.642. The van der Waals surface area contributed by atoms with Crippen LogP contribution in [0, 0.1) is 0 Å². The zero-order valence-corrected chi connectivity index (χ0v) is 15.7. The lowest BCUT2D eigenvalue weighted by molar-refractivity contribution is 0.252. The van der Waals surface area contributed by atoms with Gasteiger partial charge in [0.2, 0.25) is 5.88 Å². The highest BCUT2D eigenvalue weighted by Gasteiger charge is 2.05. The standard InChI is InChI=1S/C18H18BrN5O2/c1-24-10-9-20-16(24)7-8-21-18(25)23-14-5-6-17(22-12-14)26-15-4-2-3-13(19)11-15/h2-6,9-12H,7-8H2,1H3,(H2,21,23,25). The molecule has 26 heavy (non-hydrogen) atoms. The van der Waals surface area contributed by atoms with Crippen molar-refractivity contribution >= 4 is 27.6 Å². The number of nitrogens with zero attached hydrogens (tertiary/aromatic N) is 3. The number of anilines is 1. The van der Waals surface area contributed by atoms with Gasteiger partial charge in [-0.15, -0.1) is 0 Å². The Morgan fingerprint density at radius 2 is 2.15 bits per heavy atom. The summed E-state index contributed by atoms with van der Waals surface area (Å²) in [5, 5.41) is 5.52. The van der Waals surface area contributed by atoms with Crippen molar-refractivity contribution in [3.63, 3.8) is 0 Å². The van der Waals surface area contributed by atoms with Crippen LogP contribution in [-0.2, 0) is 13.5 Å². The molecular weight excluding hydrogens is 398 g/mol. The predicted octanol–water partition coefficient (Wildman–Crippen LogP) is 3.73. The number of aromatic nitrogens is 3. The van der Waals surface area contributed by atoms with Crippen LogP contribution in [-0.4, -0.2) is 27.1 Å². The van der Waals surface area contributed by atoms with Crippen LogP contribution in [0.2, 0.25) is 0 Å². The van der Waals surface area contributed by atoms with Crippen LogP contribution in [0.5, 0.6) is 11.6 Å². The van der Waals surface area contributed by atoms with Crippen LogP contribution >= 0.6 is 15.9 Å². The number of carbonyl (C=O) groups excluding carboxylic acids is 1. The number of carbonyl (C=O) groups is 1. The van der Waals surface area contributed by atoms with Gasteiger partial charge in [-0.1, -0.05) is 22.0 Å². The number of pyridine rings is 1. The Hall–Kier alpha value is -2.87. The largest absolute Gasteiger partial charge is 0.439 e. The molecule has 0 fully saturated rings. The van der Waals surface area contributed by atoms with Gasteiger partial charge >= 0.3 is 6.03 Å². The van der Waals surface area contributed by atoms with Gasteiger partial charge in [-0.25, -0.2) is 14.8 Å². The summed E-state index contributed by atoms with van der Waals surface area (Å²) >= 11 is 3.39. The van der Waals surface area contributed by atoms with Crippen molar-refractivity contribution in [2.75, 3.05) is 11.9 Å². The Bertz CT molecular complexity index is 879. The average molecular weight is 416 g/mol. The van der Waals surface area contributed by atoms with Crippen LogP contribution in [0.4, 0.5) is 10.5 Å². The van der Waals surface area contributed by atoms with E-state index in [-0.39, 0.29) is 6.03 Å². The molecule has 2 N–H and O–H groups in total. The molecule has 0 atom stereocenters. The summed E-state index contributed by atoms with van der Waals surface area (Å²) in [5.41, 5.74) is 0.584. The van der Waals surface area contributed by atoms with Crippen LogP contribution in [0.15, 0.2) is 59.5 Å². The summed E-state index contributed by atoms with van der Waals surface area (Å²) in [6, 6.07) is 10.6. The molecule has 8 heteroatoms. The topological polar surface area (TPSA) is 81.1 Å². The van der Waals surface area contributed by atoms with Gasteiger partial charge in [0, 0.05) is 42.9 Å². The summed E-state index contributed by atoms with van der Waals surface area (Å²) in [6.07, 6.45) is 5.82. The maximum Gasteiger partial charge on any atom is 0.319 e. The van der Waals surface area contributed by atoms with E-state index in [9.17, 15) is 4.79 Å². The van der Waals surface area contributed by atoms with E-state index >= 15 is 0 Å². The van der Waals surface area contributed by atoms with E-state index in [4.69, 9.17) is 4.74 Å². The number of urea groups is 1. The number of benzene rings is 1. The molecular formula is C18H18BrN5O2. The van der Waals surface area contributed by atoms with E-state index in [0.29, 0.717) is 30.3 Å². The molecule has 0 unspecified atom stereocenters. The molecule has 134 valence electrons. The number of imidazole rings is 1. The normalized spacial score (nSPS) is 10.4. The Balaban J connectivity index is 1.47. The lowest BCUT2D eigenvalue weighted by Crippen LogP contribution is -2.30. The third-order valence-corrected chi connectivity index (χ3v) is 4.06. The van der Waals surface area contributed by atoms with E-state index in [0.717, 1.165) is 10.3 Å². The molecule has 0 spiro atoms. The van der Waals surface area contributed by atoms with Gasteiger partial charge in [-0.2, -0.15) is 0 Å². The number of aryl methyl sites for hydroxylation is 1. The number of nitrogens with one attached hydrogen (secondary N) is 2. The van der Waals surface area contributed by atoms with E-state index in [2.05, 4.69) is 36.5 Å². The fraction of sp³-hybridized carbons (Fsp3) is 0.167. The molecule has 3 aromatic rings. The molecule has 2 heterocycles. The Labute approximate surface area is 159 Å². The fourth-order valence-electron chi connectivity index (χ4n) is 2.27. The van der Waals surface area contributed by atoms with E-state index < -0.39 is 0 Å². The van der Waals surface area contributed by atoms with Crippen molar-refractivity contribution in [1.29, 1.82) is 0 Å². The van der Waals surface area contributed by atoms with Gasteiger partial charge in [0.1, 0.15) is 11.6 Å². The van der Waals surface area contributed by atoms with Gasteiger partial charge in [0.25, 0.3) is 0 Å². The minimum atomic E-state index is -0.290. The van der Waals surface area contributed by atoms with Crippen molar-refractivity contribution < 1.29 is 9.53 Å². The van der Waals surface area contributed by atoms with Gasteiger partial charge in [-0.3, -0.25) is 0 Å².